The molecule has 1 fully saturated rings. The summed E-state index contributed by atoms with van der Waals surface area (Å²) in [5, 5.41) is 8.35. The Morgan fingerprint density at radius 3 is 2.66 bits per heavy atom. The van der Waals surface area contributed by atoms with Crippen molar-refractivity contribution in [2.24, 2.45) is 0 Å². The maximum atomic E-state index is 13.1. The highest BCUT2D eigenvalue weighted by molar-refractivity contribution is 7.13. The molecule has 1 aromatic carbocycles. The first-order valence-corrected chi connectivity index (χ1v) is 11.1. The van der Waals surface area contributed by atoms with Crippen molar-refractivity contribution in [2.75, 3.05) is 31.1 Å². The highest BCUT2D eigenvalue weighted by atomic mass is 35.5. The van der Waals surface area contributed by atoms with Crippen molar-refractivity contribution in [3.05, 3.63) is 51.5 Å². The number of aromatic nitrogens is 4. The van der Waals surface area contributed by atoms with E-state index < -0.39 is 0 Å². The van der Waals surface area contributed by atoms with Crippen molar-refractivity contribution >= 4 is 45.6 Å². The number of amides is 1. The molecular weight excluding hydrogens is 431 g/mol. The van der Waals surface area contributed by atoms with Gasteiger partial charge in [0.1, 0.15) is 11.5 Å². The number of hydrogen-bond donors (Lipinski definition) is 0. The average molecular weight is 451 g/mol. The summed E-state index contributed by atoms with van der Waals surface area (Å²) in [6.45, 7) is 4.81. The zero-order chi connectivity index (χ0) is 20.4. The van der Waals surface area contributed by atoms with Crippen LogP contribution in [0.5, 0.6) is 0 Å². The van der Waals surface area contributed by atoms with Gasteiger partial charge in [-0.15, -0.1) is 16.4 Å². The second-order valence-electron chi connectivity index (χ2n) is 6.63. The molecule has 152 valence electrons. The predicted octanol–water partition coefficient (Wildman–Crippen LogP) is 3.95. The highest BCUT2D eigenvalue weighted by Gasteiger charge is 2.26. The lowest BCUT2D eigenvalue weighted by Gasteiger charge is -2.20. The smallest absolute Gasteiger partial charge is 0.293 e. The molecule has 0 saturated carbocycles. The van der Waals surface area contributed by atoms with Crippen LogP contribution in [0.25, 0.3) is 5.69 Å². The van der Waals surface area contributed by atoms with Crippen LogP contribution in [0.4, 0.5) is 5.13 Å². The van der Waals surface area contributed by atoms with Crippen LogP contribution < -0.4 is 4.90 Å². The minimum Gasteiger partial charge on any atom is -0.346 e. The van der Waals surface area contributed by atoms with E-state index in [1.165, 1.54) is 0 Å². The summed E-state index contributed by atoms with van der Waals surface area (Å²) in [5.74, 6) is 0.630. The zero-order valence-electron chi connectivity index (χ0n) is 15.9. The largest absolute Gasteiger partial charge is 0.346 e. The number of halogens is 2. The fourth-order valence-corrected chi connectivity index (χ4v) is 4.61. The Hall–Kier alpha value is -2.16. The van der Waals surface area contributed by atoms with Gasteiger partial charge < -0.3 is 9.80 Å². The van der Waals surface area contributed by atoms with Gasteiger partial charge in [-0.3, -0.25) is 4.79 Å². The standard InChI is InChI=1S/C19H20Cl2N6OS/c1-2-15-23-17(24-27(15)16-13(20)5-3-6-14(16)21)18(28)25-8-4-9-26(11-10-25)19-22-7-12-29-19/h3,5-7,12H,2,4,8-11H2,1H3. The van der Waals surface area contributed by atoms with Gasteiger partial charge >= 0.3 is 0 Å². The third-order valence-corrected chi connectivity index (χ3v) is 6.25. The predicted molar refractivity (Wildman–Crippen MR) is 116 cm³/mol. The molecule has 7 nitrogen and oxygen atoms in total. The van der Waals surface area contributed by atoms with E-state index in [1.54, 1.807) is 45.3 Å². The summed E-state index contributed by atoms with van der Waals surface area (Å²) < 4.78 is 1.58. The molecule has 2 aromatic heterocycles. The molecule has 10 heteroatoms. The van der Waals surface area contributed by atoms with E-state index in [0.29, 0.717) is 41.1 Å². The summed E-state index contributed by atoms with van der Waals surface area (Å²) in [4.78, 5) is 26.0. The molecule has 1 aliphatic rings. The topological polar surface area (TPSA) is 67.2 Å². The zero-order valence-corrected chi connectivity index (χ0v) is 18.2. The number of rotatable bonds is 4. The van der Waals surface area contributed by atoms with Crippen molar-refractivity contribution in [2.45, 2.75) is 19.8 Å². The molecule has 1 aliphatic heterocycles. The van der Waals surface area contributed by atoms with Gasteiger partial charge in [-0.2, -0.15) is 0 Å². The molecule has 3 heterocycles. The fourth-order valence-electron chi connectivity index (χ4n) is 3.36. The van der Waals surface area contributed by atoms with E-state index in [0.717, 1.165) is 24.6 Å². The third-order valence-electron chi connectivity index (χ3n) is 4.80. The molecule has 1 saturated heterocycles. The molecule has 0 spiro atoms. The maximum Gasteiger partial charge on any atom is 0.293 e. The van der Waals surface area contributed by atoms with Crippen LogP contribution in [-0.2, 0) is 6.42 Å². The monoisotopic (exact) mass is 450 g/mol. The van der Waals surface area contributed by atoms with E-state index in [2.05, 4.69) is 20.0 Å². The number of thiazole rings is 1. The van der Waals surface area contributed by atoms with Gasteiger partial charge in [0.15, 0.2) is 5.13 Å². The maximum absolute atomic E-state index is 13.1. The Balaban J connectivity index is 1.57. The van der Waals surface area contributed by atoms with Crippen LogP contribution in [0.3, 0.4) is 0 Å². The Morgan fingerprint density at radius 2 is 1.97 bits per heavy atom. The van der Waals surface area contributed by atoms with Gasteiger partial charge in [0.25, 0.3) is 5.91 Å². The van der Waals surface area contributed by atoms with Gasteiger partial charge in [-0.1, -0.05) is 36.2 Å². The third kappa shape index (κ3) is 4.10. The minimum absolute atomic E-state index is 0.167. The van der Waals surface area contributed by atoms with Crippen LogP contribution in [0.1, 0.15) is 29.8 Å². The molecule has 0 N–H and O–H groups in total. The lowest BCUT2D eigenvalue weighted by atomic mass is 10.3. The minimum atomic E-state index is -0.178. The van der Waals surface area contributed by atoms with E-state index in [-0.39, 0.29) is 11.7 Å². The second kappa shape index (κ2) is 8.69. The van der Waals surface area contributed by atoms with Crippen molar-refractivity contribution in [3.63, 3.8) is 0 Å². The fraction of sp³-hybridized carbons (Fsp3) is 0.368. The van der Waals surface area contributed by atoms with E-state index in [9.17, 15) is 4.79 Å². The highest BCUT2D eigenvalue weighted by Crippen LogP contribution is 2.29. The molecule has 4 rings (SSSR count). The number of aryl methyl sites for hydroxylation is 1. The molecule has 0 radical (unpaired) electrons. The Bertz CT molecular complexity index is 986. The molecule has 3 aromatic rings. The number of carbonyl (C=O) groups is 1. The van der Waals surface area contributed by atoms with E-state index >= 15 is 0 Å². The van der Waals surface area contributed by atoms with Crippen molar-refractivity contribution in [3.8, 4) is 5.69 Å². The summed E-state index contributed by atoms with van der Waals surface area (Å²) in [6.07, 6.45) is 3.26. The average Bonchev–Trinajstić information content (AvgIpc) is 3.33. The quantitative estimate of drug-likeness (QED) is 0.601. The van der Waals surface area contributed by atoms with Crippen LogP contribution >= 0.6 is 34.5 Å². The number of nitrogens with zero attached hydrogens (tertiary/aromatic N) is 6. The van der Waals surface area contributed by atoms with E-state index in [1.807, 2.05) is 12.3 Å². The number of benzene rings is 1. The van der Waals surface area contributed by atoms with Crippen LogP contribution in [0.2, 0.25) is 10.0 Å². The number of para-hydroxylation sites is 1. The van der Waals surface area contributed by atoms with Gasteiger partial charge in [-0.25, -0.2) is 14.6 Å². The molecular formula is C19H20Cl2N6OS. The first-order chi connectivity index (χ1) is 14.1. The van der Waals surface area contributed by atoms with Gasteiger partial charge in [0.2, 0.25) is 5.82 Å². The van der Waals surface area contributed by atoms with Crippen LogP contribution in [0.15, 0.2) is 29.8 Å². The Kier molecular flexibility index (Phi) is 6.03. The number of hydrogen-bond acceptors (Lipinski definition) is 6. The van der Waals surface area contributed by atoms with Crippen molar-refractivity contribution in [1.29, 1.82) is 0 Å². The summed E-state index contributed by atoms with van der Waals surface area (Å²) in [6, 6.07) is 5.26. The lowest BCUT2D eigenvalue weighted by Crippen LogP contribution is -2.35. The molecule has 0 aliphatic carbocycles. The number of carbonyl (C=O) groups excluding carboxylic acids is 1. The normalized spacial score (nSPS) is 14.9. The molecule has 0 bridgehead atoms. The van der Waals surface area contributed by atoms with Crippen LogP contribution in [-0.4, -0.2) is 56.7 Å². The second-order valence-corrected chi connectivity index (χ2v) is 8.32. The molecule has 29 heavy (non-hydrogen) atoms. The molecule has 0 unspecified atom stereocenters. The SMILES string of the molecule is CCc1nc(C(=O)N2CCCN(c3nccs3)CC2)nn1-c1c(Cl)cccc1Cl. The van der Waals surface area contributed by atoms with Gasteiger partial charge in [0, 0.05) is 44.2 Å². The van der Waals surface area contributed by atoms with Crippen molar-refractivity contribution in [1.82, 2.24) is 24.6 Å². The first kappa shape index (κ1) is 20.1. The van der Waals surface area contributed by atoms with Gasteiger partial charge in [0.05, 0.1) is 10.0 Å². The molecule has 0 atom stereocenters. The lowest BCUT2D eigenvalue weighted by molar-refractivity contribution is 0.0755. The van der Waals surface area contributed by atoms with E-state index in [4.69, 9.17) is 23.2 Å². The van der Waals surface area contributed by atoms with Crippen molar-refractivity contribution < 1.29 is 4.79 Å². The van der Waals surface area contributed by atoms with Gasteiger partial charge in [-0.05, 0) is 18.6 Å². The summed E-state index contributed by atoms with van der Waals surface area (Å²) >= 11 is 14.3. The summed E-state index contributed by atoms with van der Waals surface area (Å²) in [7, 11) is 0. The Morgan fingerprint density at radius 1 is 1.17 bits per heavy atom. The Labute approximate surface area is 182 Å². The summed E-state index contributed by atoms with van der Waals surface area (Å²) in [5.41, 5.74) is 0.546. The molecule has 1 amide bonds. The van der Waals surface area contributed by atoms with Crippen LogP contribution in [0, 0.1) is 0 Å². The number of anilines is 1. The first-order valence-electron chi connectivity index (χ1n) is 9.42.